The van der Waals surface area contributed by atoms with E-state index in [1.807, 2.05) is 48.5 Å². The topological polar surface area (TPSA) is 53.8 Å². The zero-order chi connectivity index (χ0) is 15.2. The fourth-order valence-corrected chi connectivity index (χ4v) is 2.87. The van der Waals surface area contributed by atoms with Crippen molar-refractivity contribution in [1.82, 2.24) is 0 Å². The Bertz CT molecular complexity index is 711. The average molecular weight is 309 g/mol. The van der Waals surface area contributed by atoms with Crippen molar-refractivity contribution in [3.8, 4) is 0 Å². The Morgan fingerprint density at radius 3 is 2.36 bits per heavy atom. The highest BCUT2D eigenvalue weighted by atomic mass is 32.2. The molecule has 1 N–H and O–H groups in total. The first-order valence-electron chi connectivity index (χ1n) is 7.01. The van der Waals surface area contributed by atoms with Crippen LogP contribution in [0, 0.1) is 0 Å². The van der Waals surface area contributed by atoms with Crippen LogP contribution < -0.4 is 5.43 Å². The molecule has 0 aliphatic carbocycles. The van der Waals surface area contributed by atoms with Gasteiger partial charge in [0.05, 0.1) is 5.69 Å². The van der Waals surface area contributed by atoms with Crippen molar-refractivity contribution in [1.29, 1.82) is 0 Å². The molecule has 2 aromatic carbocycles. The van der Waals surface area contributed by atoms with Gasteiger partial charge >= 0.3 is 0 Å². The molecule has 2 aromatic rings. The molecule has 22 heavy (non-hydrogen) atoms. The number of rotatable bonds is 5. The highest BCUT2D eigenvalue weighted by Crippen LogP contribution is 2.16. The average Bonchev–Trinajstić information content (AvgIpc) is 3.11. The maximum Gasteiger partial charge on any atom is 0.215 e. The summed E-state index contributed by atoms with van der Waals surface area (Å²) in [4.78, 5) is 17.1. The van der Waals surface area contributed by atoms with Crippen molar-refractivity contribution in [2.45, 2.75) is 0 Å². The number of nitrogens with one attached hydrogen (secondary N) is 1. The third-order valence-corrected chi connectivity index (χ3v) is 4.09. The molecule has 0 amide bonds. The van der Waals surface area contributed by atoms with Gasteiger partial charge in [-0.15, -0.1) is 11.8 Å². The zero-order valence-electron chi connectivity index (χ0n) is 11.9. The van der Waals surface area contributed by atoms with Crippen LogP contribution in [0.1, 0.15) is 10.4 Å². The zero-order valence-corrected chi connectivity index (χ0v) is 12.7. The molecular formula is C17H15N3OS. The van der Waals surface area contributed by atoms with E-state index >= 15 is 0 Å². The summed E-state index contributed by atoms with van der Waals surface area (Å²) < 4.78 is 0. The highest BCUT2D eigenvalue weighted by Gasteiger charge is 2.23. The van der Waals surface area contributed by atoms with Crippen LogP contribution in [-0.2, 0) is 0 Å². The largest absolute Gasteiger partial charge is 0.287 e. The number of carbonyl (C=O) groups is 1. The van der Waals surface area contributed by atoms with Crippen molar-refractivity contribution in [2.24, 2.45) is 10.1 Å². The predicted molar refractivity (Wildman–Crippen MR) is 93.0 cm³/mol. The highest BCUT2D eigenvalue weighted by molar-refractivity contribution is 8.16. The first-order valence-corrected chi connectivity index (χ1v) is 7.99. The molecule has 0 bridgehead atoms. The lowest BCUT2D eigenvalue weighted by molar-refractivity contribution is 0.106. The second-order valence-corrected chi connectivity index (χ2v) is 5.75. The van der Waals surface area contributed by atoms with Crippen LogP contribution in [0.15, 0.2) is 70.8 Å². The molecule has 1 heterocycles. The lowest BCUT2D eigenvalue weighted by Gasteiger charge is -2.06. The minimum atomic E-state index is -0.114. The summed E-state index contributed by atoms with van der Waals surface area (Å²) in [5.41, 5.74) is 4.77. The maximum atomic E-state index is 12.7. The third-order valence-electron chi connectivity index (χ3n) is 3.11. The summed E-state index contributed by atoms with van der Waals surface area (Å²) in [5.74, 6) is 0.777. The van der Waals surface area contributed by atoms with Gasteiger partial charge in [0.2, 0.25) is 5.78 Å². The van der Waals surface area contributed by atoms with Crippen molar-refractivity contribution in [3.63, 3.8) is 0 Å². The minimum Gasteiger partial charge on any atom is -0.287 e. The molecule has 0 saturated heterocycles. The van der Waals surface area contributed by atoms with Gasteiger partial charge in [0.15, 0.2) is 5.71 Å². The van der Waals surface area contributed by atoms with Crippen LogP contribution in [0.2, 0.25) is 0 Å². The molecule has 0 spiro atoms. The van der Waals surface area contributed by atoms with E-state index in [4.69, 9.17) is 0 Å². The van der Waals surface area contributed by atoms with Crippen LogP contribution in [0.5, 0.6) is 0 Å². The molecule has 0 aromatic heterocycles. The number of aliphatic imine (C=N–C) groups is 1. The Morgan fingerprint density at radius 1 is 1.05 bits per heavy atom. The van der Waals surface area contributed by atoms with Gasteiger partial charge in [0.25, 0.3) is 0 Å². The van der Waals surface area contributed by atoms with Crippen molar-refractivity contribution < 1.29 is 4.79 Å². The van der Waals surface area contributed by atoms with E-state index in [1.165, 1.54) is 0 Å². The summed E-state index contributed by atoms with van der Waals surface area (Å²) in [6.07, 6.45) is 0. The van der Waals surface area contributed by atoms with E-state index in [0.717, 1.165) is 18.0 Å². The van der Waals surface area contributed by atoms with Gasteiger partial charge in [0.1, 0.15) is 5.04 Å². The molecule has 1 aliphatic rings. The first-order chi connectivity index (χ1) is 10.8. The number of anilines is 1. The molecule has 3 rings (SSSR count). The Kier molecular flexibility index (Phi) is 4.65. The number of Topliss-reactive ketones (excluding diaryl/α,β-unsaturated/α-hetero) is 1. The van der Waals surface area contributed by atoms with Crippen LogP contribution in [-0.4, -0.2) is 28.8 Å². The van der Waals surface area contributed by atoms with Crippen molar-refractivity contribution >= 4 is 34.0 Å². The van der Waals surface area contributed by atoms with Crippen molar-refractivity contribution in [3.05, 3.63) is 66.2 Å². The van der Waals surface area contributed by atoms with Crippen LogP contribution in [0.3, 0.4) is 0 Å². The lowest BCUT2D eigenvalue weighted by atomic mass is 10.1. The maximum absolute atomic E-state index is 12.7. The molecule has 110 valence electrons. The van der Waals surface area contributed by atoms with E-state index in [0.29, 0.717) is 16.3 Å². The van der Waals surface area contributed by atoms with E-state index in [-0.39, 0.29) is 5.78 Å². The first kappa shape index (κ1) is 14.5. The number of carbonyl (C=O) groups excluding carboxylic acids is 1. The number of benzene rings is 2. The smallest absolute Gasteiger partial charge is 0.215 e. The molecule has 0 saturated carbocycles. The van der Waals surface area contributed by atoms with E-state index in [2.05, 4.69) is 15.5 Å². The third kappa shape index (κ3) is 3.43. The van der Waals surface area contributed by atoms with E-state index in [1.54, 1.807) is 23.9 Å². The molecule has 1 aliphatic heterocycles. The van der Waals surface area contributed by atoms with Gasteiger partial charge < -0.3 is 0 Å². The van der Waals surface area contributed by atoms with Crippen LogP contribution in [0.25, 0.3) is 0 Å². The van der Waals surface area contributed by atoms with Crippen molar-refractivity contribution in [2.75, 3.05) is 17.7 Å². The van der Waals surface area contributed by atoms with E-state index in [9.17, 15) is 4.79 Å². The fraction of sp³-hybridized carbons (Fsp3) is 0.118. The van der Waals surface area contributed by atoms with Gasteiger partial charge in [-0.1, -0.05) is 48.5 Å². The normalized spacial score (nSPS) is 14.5. The van der Waals surface area contributed by atoms with Gasteiger partial charge in [0, 0.05) is 17.9 Å². The van der Waals surface area contributed by atoms with Gasteiger partial charge in [-0.3, -0.25) is 15.2 Å². The molecule has 4 nitrogen and oxygen atoms in total. The fourth-order valence-electron chi connectivity index (χ4n) is 2.03. The number of thioether (sulfide) groups is 1. The lowest BCUT2D eigenvalue weighted by Crippen LogP contribution is -2.23. The summed E-state index contributed by atoms with van der Waals surface area (Å²) in [5, 5.41) is 5.02. The Balaban J connectivity index is 1.89. The number of ketones is 1. The summed E-state index contributed by atoms with van der Waals surface area (Å²) >= 11 is 1.57. The molecule has 0 fully saturated rings. The SMILES string of the molecule is O=C(/C(=N/Nc1ccccc1)C1=NCCS1)c1ccccc1. The number of hydrazone groups is 1. The molecule has 5 heteroatoms. The quantitative estimate of drug-likeness (QED) is 0.522. The van der Waals surface area contributed by atoms with Gasteiger partial charge in [-0.25, -0.2) is 0 Å². The van der Waals surface area contributed by atoms with Gasteiger partial charge in [-0.05, 0) is 12.1 Å². The molecule has 0 unspecified atom stereocenters. The minimum absolute atomic E-state index is 0.114. The second-order valence-electron chi connectivity index (χ2n) is 4.67. The molecule has 0 radical (unpaired) electrons. The number of para-hydroxylation sites is 1. The summed E-state index contributed by atoms with van der Waals surface area (Å²) in [6.45, 7) is 0.729. The number of hydrogen-bond acceptors (Lipinski definition) is 5. The van der Waals surface area contributed by atoms with Crippen LogP contribution in [0.4, 0.5) is 5.69 Å². The molecular weight excluding hydrogens is 294 g/mol. The Labute approximate surface area is 133 Å². The van der Waals surface area contributed by atoms with E-state index < -0.39 is 0 Å². The summed E-state index contributed by atoms with van der Waals surface area (Å²) in [7, 11) is 0. The second kappa shape index (κ2) is 7.04. The Hall–Kier alpha value is -2.40. The number of hydrogen-bond donors (Lipinski definition) is 1. The Morgan fingerprint density at radius 2 is 1.73 bits per heavy atom. The molecule has 0 atom stereocenters. The monoisotopic (exact) mass is 309 g/mol. The summed E-state index contributed by atoms with van der Waals surface area (Å²) in [6, 6.07) is 18.7. The van der Waals surface area contributed by atoms with Gasteiger partial charge in [-0.2, -0.15) is 5.10 Å². The number of nitrogens with zero attached hydrogens (tertiary/aromatic N) is 2. The standard InChI is InChI=1S/C17H15N3OS/c21-16(13-7-3-1-4-8-13)15(17-18-11-12-22-17)20-19-14-9-5-2-6-10-14/h1-10,19H,11-12H2/b20-15-. The van der Waals surface area contributed by atoms with Crippen LogP contribution >= 0.6 is 11.8 Å². The predicted octanol–water partition coefficient (Wildman–Crippen LogP) is 3.48.